The number of thiazole rings is 1. The molecule has 0 fully saturated rings. The number of benzene rings is 1. The molecule has 10 heteroatoms. The summed E-state index contributed by atoms with van der Waals surface area (Å²) < 4.78 is 5.69. The number of carbonyl (C=O) groups excluding carboxylic acids is 3. The van der Waals surface area contributed by atoms with Gasteiger partial charge in [0.1, 0.15) is 5.01 Å². The molecule has 0 atom stereocenters. The second-order valence-corrected chi connectivity index (χ2v) is 8.42. The molecule has 0 aliphatic rings. The molecule has 1 aromatic carbocycles. The van der Waals surface area contributed by atoms with Crippen molar-refractivity contribution in [1.82, 2.24) is 10.3 Å². The molecule has 0 saturated heterocycles. The van der Waals surface area contributed by atoms with E-state index in [9.17, 15) is 14.4 Å². The number of halogens is 1. The fourth-order valence-corrected chi connectivity index (χ4v) is 4.25. The van der Waals surface area contributed by atoms with Crippen molar-refractivity contribution in [1.29, 1.82) is 0 Å². The van der Waals surface area contributed by atoms with Gasteiger partial charge in [-0.05, 0) is 39.5 Å². The molecular formula is C19H16BrN3O4S2. The number of thiophene rings is 1. The zero-order valence-electron chi connectivity index (χ0n) is 15.0. The van der Waals surface area contributed by atoms with Crippen LogP contribution in [0.3, 0.4) is 0 Å². The lowest BCUT2D eigenvalue weighted by atomic mass is 10.3. The number of nitrogens with zero attached hydrogens (tertiary/aromatic N) is 1. The van der Waals surface area contributed by atoms with E-state index in [1.165, 1.54) is 11.3 Å². The molecule has 2 aromatic heterocycles. The van der Waals surface area contributed by atoms with E-state index in [0.717, 1.165) is 14.4 Å². The van der Waals surface area contributed by atoms with Crippen molar-refractivity contribution in [3.8, 4) is 9.88 Å². The lowest BCUT2D eigenvalue weighted by molar-refractivity contribution is -0.147. The molecule has 0 radical (unpaired) electrons. The van der Waals surface area contributed by atoms with Gasteiger partial charge in [-0.1, -0.05) is 18.2 Å². The molecule has 2 heterocycles. The van der Waals surface area contributed by atoms with Crippen molar-refractivity contribution in [3.63, 3.8) is 0 Å². The minimum Gasteiger partial charge on any atom is -0.455 e. The van der Waals surface area contributed by atoms with Crippen LogP contribution in [0.1, 0.15) is 5.69 Å². The van der Waals surface area contributed by atoms with Gasteiger partial charge >= 0.3 is 5.97 Å². The zero-order valence-corrected chi connectivity index (χ0v) is 18.2. The Labute approximate surface area is 183 Å². The number of anilines is 1. The highest BCUT2D eigenvalue weighted by Gasteiger charge is 2.13. The lowest BCUT2D eigenvalue weighted by Crippen LogP contribution is -2.35. The molecule has 2 amide bonds. The summed E-state index contributed by atoms with van der Waals surface area (Å²) in [6.45, 7) is -0.683. The Kier molecular flexibility index (Phi) is 7.50. The third-order valence-corrected chi connectivity index (χ3v) is 6.19. The third kappa shape index (κ3) is 6.48. The van der Waals surface area contributed by atoms with Crippen molar-refractivity contribution in [2.24, 2.45) is 0 Å². The van der Waals surface area contributed by atoms with Gasteiger partial charge in [0.2, 0.25) is 5.91 Å². The number of amides is 2. The Hall–Kier alpha value is -2.56. The molecule has 0 aliphatic heterocycles. The lowest BCUT2D eigenvalue weighted by Gasteiger charge is -2.08. The fourth-order valence-electron chi connectivity index (χ4n) is 2.23. The Bertz CT molecular complexity index is 1000. The van der Waals surface area contributed by atoms with Crippen molar-refractivity contribution in [2.45, 2.75) is 6.42 Å². The molecule has 0 spiro atoms. The Morgan fingerprint density at radius 2 is 1.90 bits per heavy atom. The summed E-state index contributed by atoms with van der Waals surface area (Å²) >= 11 is 6.35. The van der Waals surface area contributed by atoms with E-state index >= 15 is 0 Å². The second kappa shape index (κ2) is 10.3. The first-order valence-electron chi connectivity index (χ1n) is 8.46. The summed E-state index contributed by atoms with van der Waals surface area (Å²) in [4.78, 5) is 41.0. The van der Waals surface area contributed by atoms with Crippen LogP contribution in [0, 0.1) is 0 Å². The van der Waals surface area contributed by atoms with Crippen LogP contribution in [0.2, 0.25) is 0 Å². The van der Waals surface area contributed by atoms with Gasteiger partial charge in [-0.2, -0.15) is 0 Å². The van der Waals surface area contributed by atoms with E-state index in [1.54, 1.807) is 34.9 Å². The first kappa shape index (κ1) is 21.2. The normalized spacial score (nSPS) is 10.4. The SMILES string of the molecule is O=C(COC(=O)Cc1csc(-c2cccs2)n1)NCC(=O)Nc1ccccc1Br. The van der Waals surface area contributed by atoms with Gasteiger partial charge in [0.15, 0.2) is 6.61 Å². The topological polar surface area (TPSA) is 97.4 Å². The summed E-state index contributed by atoms with van der Waals surface area (Å²) in [7, 11) is 0. The van der Waals surface area contributed by atoms with Crippen LogP contribution in [-0.4, -0.2) is 35.9 Å². The Balaban J connectivity index is 1.37. The van der Waals surface area contributed by atoms with Crippen LogP contribution in [0.15, 0.2) is 51.6 Å². The molecule has 0 bridgehead atoms. The number of nitrogens with one attached hydrogen (secondary N) is 2. The molecule has 150 valence electrons. The monoisotopic (exact) mass is 493 g/mol. The fraction of sp³-hybridized carbons (Fsp3) is 0.158. The van der Waals surface area contributed by atoms with E-state index in [0.29, 0.717) is 11.4 Å². The summed E-state index contributed by atoms with van der Waals surface area (Å²) in [6.07, 6.45) is -0.0162. The minimum absolute atomic E-state index is 0.0162. The number of para-hydroxylation sites is 1. The van der Waals surface area contributed by atoms with Gasteiger partial charge in [-0.15, -0.1) is 22.7 Å². The minimum atomic E-state index is -0.557. The molecule has 29 heavy (non-hydrogen) atoms. The first-order chi connectivity index (χ1) is 14.0. The van der Waals surface area contributed by atoms with E-state index in [4.69, 9.17) is 4.74 Å². The number of esters is 1. The van der Waals surface area contributed by atoms with Crippen molar-refractivity contribution in [3.05, 3.63) is 57.3 Å². The number of aromatic nitrogens is 1. The summed E-state index contributed by atoms with van der Waals surface area (Å²) in [5.74, 6) is -1.50. The number of hydrogen-bond donors (Lipinski definition) is 2. The van der Waals surface area contributed by atoms with Gasteiger partial charge in [0.25, 0.3) is 5.91 Å². The Morgan fingerprint density at radius 1 is 1.07 bits per heavy atom. The average molecular weight is 494 g/mol. The molecule has 3 aromatic rings. The maximum atomic E-state index is 11.9. The maximum absolute atomic E-state index is 11.9. The first-order valence-corrected chi connectivity index (χ1v) is 11.0. The van der Waals surface area contributed by atoms with Crippen LogP contribution in [-0.2, 0) is 25.5 Å². The molecule has 7 nitrogen and oxygen atoms in total. The predicted molar refractivity (Wildman–Crippen MR) is 116 cm³/mol. The maximum Gasteiger partial charge on any atom is 0.312 e. The molecule has 3 rings (SSSR count). The van der Waals surface area contributed by atoms with Gasteiger partial charge in [-0.25, -0.2) is 4.98 Å². The molecular weight excluding hydrogens is 478 g/mol. The zero-order chi connectivity index (χ0) is 20.6. The highest BCUT2D eigenvalue weighted by atomic mass is 79.9. The molecule has 2 N–H and O–H groups in total. The average Bonchev–Trinajstić information content (AvgIpc) is 3.38. The highest BCUT2D eigenvalue weighted by Crippen LogP contribution is 2.27. The number of ether oxygens (including phenoxy) is 1. The molecule has 0 aliphatic carbocycles. The Morgan fingerprint density at radius 3 is 2.66 bits per heavy atom. The second-order valence-electron chi connectivity index (χ2n) is 5.76. The number of rotatable bonds is 8. The van der Waals surface area contributed by atoms with Crippen molar-refractivity contribution >= 4 is 62.1 Å². The van der Waals surface area contributed by atoms with Crippen LogP contribution >= 0.6 is 38.6 Å². The summed E-state index contributed by atoms with van der Waals surface area (Å²) in [6, 6.07) is 11.0. The van der Waals surface area contributed by atoms with Crippen molar-refractivity contribution < 1.29 is 19.1 Å². The van der Waals surface area contributed by atoms with Crippen LogP contribution < -0.4 is 10.6 Å². The van der Waals surface area contributed by atoms with Gasteiger partial charge in [-0.3, -0.25) is 14.4 Å². The quantitative estimate of drug-likeness (QED) is 0.468. The van der Waals surface area contributed by atoms with E-state index in [2.05, 4.69) is 31.5 Å². The van der Waals surface area contributed by atoms with Crippen molar-refractivity contribution in [2.75, 3.05) is 18.5 Å². The molecule has 0 unspecified atom stereocenters. The van der Waals surface area contributed by atoms with Crippen LogP contribution in [0.5, 0.6) is 0 Å². The van der Waals surface area contributed by atoms with Crippen LogP contribution in [0.25, 0.3) is 9.88 Å². The standard InChI is InChI=1S/C19H16BrN3O4S2/c20-13-4-1-2-5-14(13)23-16(24)9-21-17(25)10-27-18(26)8-12-11-29-19(22-12)15-6-3-7-28-15/h1-7,11H,8-10H2,(H,21,25)(H,23,24). The van der Waals surface area contributed by atoms with E-state index < -0.39 is 18.5 Å². The smallest absolute Gasteiger partial charge is 0.312 e. The van der Waals surface area contributed by atoms with Crippen LogP contribution in [0.4, 0.5) is 5.69 Å². The highest BCUT2D eigenvalue weighted by molar-refractivity contribution is 9.10. The summed E-state index contributed by atoms with van der Waals surface area (Å²) in [5, 5.41) is 9.67. The van der Waals surface area contributed by atoms with E-state index in [1.807, 2.05) is 23.6 Å². The number of hydrogen-bond acceptors (Lipinski definition) is 7. The van der Waals surface area contributed by atoms with E-state index in [-0.39, 0.29) is 18.9 Å². The molecule has 0 saturated carbocycles. The number of carbonyl (C=O) groups is 3. The van der Waals surface area contributed by atoms with Gasteiger partial charge < -0.3 is 15.4 Å². The largest absolute Gasteiger partial charge is 0.455 e. The third-order valence-electron chi connectivity index (χ3n) is 3.57. The summed E-state index contributed by atoms with van der Waals surface area (Å²) in [5.41, 5.74) is 1.19. The van der Waals surface area contributed by atoms with Gasteiger partial charge in [0, 0.05) is 9.85 Å². The van der Waals surface area contributed by atoms with Gasteiger partial charge in [0.05, 0.1) is 29.2 Å². The predicted octanol–water partition coefficient (Wildman–Crippen LogP) is 3.47.